The molecule has 0 aromatic heterocycles. The minimum Gasteiger partial charge on any atom is -0.496 e. The van der Waals surface area contributed by atoms with Gasteiger partial charge in [-0.1, -0.05) is 0 Å². The van der Waals surface area contributed by atoms with Crippen LogP contribution < -0.4 is 20.1 Å². The van der Waals surface area contributed by atoms with Crippen LogP contribution in [-0.4, -0.2) is 52.2 Å². The van der Waals surface area contributed by atoms with E-state index in [2.05, 4.69) is 4.90 Å². The van der Waals surface area contributed by atoms with Crippen LogP contribution >= 0.6 is 0 Å². The van der Waals surface area contributed by atoms with Crippen molar-refractivity contribution in [3.8, 4) is 11.5 Å². The molecule has 1 fully saturated rings. The van der Waals surface area contributed by atoms with Crippen LogP contribution in [0.15, 0.2) is 12.1 Å². The van der Waals surface area contributed by atoms with Crippen LogP contribution in [0.25, 0.3) is 0 Å². The summed E-state index contributed by atoms with van der Waals surface area (Å²) in [5.41, 5.74) is 7.60. The number of anilines is 1. The molecule has 1 atom stereocenters. The zero-order valence-corrected chi connectivity index (χ0v) is 12.0. The summed E-state index contributed by atoms with van der Waals surface area (Å²) in [5.74, 6) is 1.39. The largest absolute Gasteiger partial charge is 0.496 e. The SMILES string of the molecule is COc1cc(N2CCOCC2)c(OC)cc1[C@H](N)CO. The lowest BCUT2D eigenvalue weighted by Gasteiger charge is -2.31. The van der Waals surface area contributed by atoms with Gasteiger partial charge in [0.1, 0.15) is 11.5 Å². The maximum absolute atomic E-state index is 9.24. The van der Waals surface area contributed by atoms with Crippen LogP contribution in [0.3, 0.4) is 0 Å². The number of benzene rings is 1. The highest BCUT2D eigenvalue weighted by Gasteiger charge is 2.20. The fourth-order valence-electron chi connectivity index (χ4n) is 2.34. The van der Waals surface area contributed by atoms with Crippen LogP contribution in [0.4, 0.5) is 5.69 Å². The normalized spacial score (nSPS) is 16.9. The number of ether oxygens (including phenoxy) is 3. The first-order valence-electron chi connectivity index (χ1n) is 6.66. The molecule has 0 saturated carbocycles. The summed E-state index contributed by atoms with van der Waals surface area (Å²) < 4.78 is 16.2. The van der Waals surface area contributed by atoms with Gasteiger partial charge in [-0.15, -0.1) is 0 Å². The second kappa shape index (κ2) is 6.78. The molecular weight excluding hydrogens is 260 g/mol. The third-order valence-electron chi connectivity index (χ3n) is 3.48. The predicted octanol–water partition coefficient (Wildman–Crippen LogP) is 0.533. The van der Waals surface area contributed by atoms with Gasteiger partial charge in [-0.3, -0.25) is 0 Å². The van der Waals surface area contributed by atoms with E-state index in [1.807, 2.05) is 12.1 Å². The maximum atomic E-state index is 9.24. The van der Waals surface area contributed by atoms with Crippen LogP contribution in [0.2, 0.25) is 0 Å². The number of rotatable bonds is 5. The van der Waals surface area contributed by atoms with Gasteiger partial charge in [0.25, 0.3) is 0 Å². The first-order valence-corrected chi connectivity index (χ1v) is 6.66. The second-order valence-corrected chi connectivity index (χ2v) is 4.65. The van der Waals surface area contributed by atoms with Gasteiger partial charge in [0.05, 0.1) is 45.8 Å². The van der Waals surface area contributed by atoms with Gasteiger partial charge in [-0.05, 0) is 6.07 Å². The quantitative estimate of drug-likeness (QED) is 0.820. The lowest BCUT2D eigenvalue weighted by molar-refractivity contribution is 0.122. The van der Waals surface area contributed by atoms with Crippen LogP contribution in [0, 0.1) is 0 Å². The Morgan fingerprint density at radius 1 is 1.25 bits per heavy atom. The molecule has 1 heterocycles. The fraction of sp³-hybridized carbons (Fsp3) is 0.571. The van der Waals surface area contributed by atoms with Gasteiger partial charge >= 0.3 is 0 Å². The number of nitrogens with zero attached hydrogens (tertiary/aromatic N) is 1. The molecule has 1 aromatic carbocycles. The molecule has 0 amide bonds. The highest BCUT2D eigenvalue weighted by Crippen LogP contribution is 2.37. The molecule has 0 spiro atoms. The molecule has 1 aliphatic rings. The highest BCUT2D eigenvalue weighted by atomic mass is 16.5. The summed E-state index contributed by atoms with van der Waals surface area (Å²) in [6.07, 6.45) is 0. The minimum absolute atomic E-state index is 0.142. The van der Waals surface area contributed by atoms with E-state index in [0.717, 1.165) is 30.1 Å². The second-order valence-electron chi connectivity index (χ2n) is 4.65. The average Bonchev–Trinajstić information content (AvgIpc) is 2.53. The summed E-state index contributed by atoms with van der Waals surface area (Å²) in [7, 11) is 3.22. The van der Waals surface area contributed by atoms with Crippen molar-refractivity contribution in [1.29, 1.82) is 0 Å². The van der Waals surface area contributed by atoms with Crippen molar-refractivity contribution in [3.05, 3.63) is 17.7 Å². The van der Waals surface area contributed by atoms with E-state index in [-0.39, 0.29) is 6.61 Å². The molecule has 1 aromatic rings. The van der Waals surface area contributed by atoms with Crippen molar-refractivity contribution >= 4 is 5.69 Å². The molecule has 3 N–H and O–H groups in total. The third kappa shape index (κ3) is 2.98. The molecule has 2 rings (SSSR count). The van der Waals surface area contributed by atoms with E-state index in [1.165, 1.54) is 0 Å². The number of hydrogen-bond donors (Lipinski definition) is 2. The molecule has 112 valence electrons. The molecule has 6 nitrogen and oxygen atoms in total. The number of methoxy groups -OCH3 is 2. The van der Waals surface area contributed by atoms with E-state index in [9.17, 15) is 5.11 Å². The van der Waals surface area contributed by atoms with E-state index >= 15 is 0 Å². The lowest BCUT2D eigenvalue weighted by Crippen LogP contribution is -2.36. The summed E-state index contributed by atoms with van der Waals surface area (Å²) >= 11 is 0. The summed E-state index contributed by atoms with van der Waals surface area (Å²) in [5, 5.41) is 9.24. The van der Waals surface area contributed by atoms with Crippen molar-refractivity contribution in [1.82, 2.24) is 0 Å². The zero-order chi connectivity index (χ0) is 14.5. The Hall–Kier alpha value is -1.50. The van der Waals surface area contributed by atoms with E-state index < -0.39 is 6.04 Å². The molecule has 20 heavy (non-hydrogen) atoms. The lowest BCUT2D eigenvalue weighted by atomic mass is 10.0. The van der Waals surface area contributed by atoms with E-state index in [0.29, 0.717) is 19.0 Å². The molecule has 1 aliphatic heterocycles. The van der Waals surface area contributed by atoms with E-state index in [1.54, 1.807) is 14.2 Å². The average molecular weight is 282 g/mol. The first-order chi connectivity index (χ1) is 9.71. The van der Waals surface area contributed by atoms with Gasteiger partial charge in [-0.25, -0.2) is 0 Å². The Kier molecular flexibility index (Phi) is 5.05. The van der Waals surface area contributed by atoms with Gasteiger partial charge in [0.15, 0.2) is 0 Å². The van der Waals surface area contributed by atoms with Crippen molar-refractivity contribution in [2.75, 3.05) is 52.0 Å². The Morgan fingerprint density at radius 3 is 2.45 bits per heavy atom. The van der Waals surface area contributed by atoms with Crippen LogP contribution in [0.1, 0.15) is 11.6 Å². The summed E-state index contributed by atoms with van der Waals surface area (Å²) in [6.45, 7) is 2.87. The topological polar surface area (TPSA) is 77.2 Å². The monoisotopic (exact) mass is 282 g/mol. The number of nitrogens with two attached hydrogens (primary N) is 1. The Labute approximate surface area is 119 Å². The zero-order valence-electron chi connectivity index (χ0n) is 12.0. The molecule has 0 aliphatic carbocycles. The molecular formula is C14H22N2O4. The fourth-order valence-corrected chi connectivity index (χ4v) is 2.34. The minimum atomic E-state index is -0.488. The number of aliphatic hydroxyl groups is 1. The molecule has 0 bridgehead atoms. The summed E-state index contributed by atoms with van der Waals surface area (Å²) in [4.78, 5) is 2.19. The Morgan fingerprint density at radius 2 is 1.90 bits per heavy atom. The van der Waals surface area contributed by atoms with Crippen molar-refractivity contribution in [2.45, 2.75) is 6.04 Å². The van der Waals surface area contributed by atoms with Crippen molar-refractivity contribution < 1.29 is 19.3 Å². The summed E-state index contributed by atoms with van der Waals surface area (Å²) in [6, 6.07) is 3.26. The van der Waals surface area contributed by atoms with Gasteiger partial charge < -0.3 is 30.0 Å². The Balaban J connectivity index is 2.40. The van der Waals surface area contributed by atoms with Crippen molar-refractivity contribution in [3.63, 3.8) is 0 Å². The van der Waals surface area contributed by atoms with Gasteiger partial charge in [0.2, 0.25) is 0 Å². The smallest absolute Gasteiger partial charge is 0.142 e. The van der Waals surface area contributed by atoms with Gasteiger partial charge in [0, 0.05) is 24.7 Å². The number of morpholine rings is 1. The first kappa shape index (κ1) is 14.9. The number of hydrogen-bond acceptors (Lipinski definition) is 6. The van der Waals surface area contributed by atoms with Crippen LogP contribution in [0.5, 0.6) is 11.5 Å². The maximum Gasteiger partial charge on any atom is 0.142 e. The van der Waals surface area contributed by atoms with E-state index in [4.69, 9.17) is 19.9 Å². The highest BCUT2D eigenvalue weighted by molar-refractivity contribution is 5.64. The van der Waals surface area contributed by atoms with Crippen LogP contribution in [-0.2, 0) is 4.74 Å². The molecule has 0 radical (unpaired) electrons. The molecule has 6 heteroatoms. The Bertz CT molecular complexity index is 447. The van der Waals surface area contributed by atoms with Gasteiger partial charge in [-0.2, -0.15) is 0 Å². The third-order valence-corrected chi connectivity index (χ3v) is 3.48. The standard InChI is InChI=1S/C14H22N2O4/c1-18-13-8-12(16-3-5-20-6-4-16)14(19-2)7-10(13)11(15)9-17/h7-8,11,17H,3-6,9,15H2,1-2H3/t11-/m1/s1. The molecule has 1 saturated heterocycles. The number of aliphatic hydroxyl groups excluding tert-OH is 1. The van der Waals surface area contributed by atoms with Crippen molar-refractivity contribution in [2.24, 2.45) is 5.73 Å². The predicted molar refractivity (Wildman–Crippen MR) is 76.6 cm³/mol. The molecule has 0 unspecified atom stereocenters.